The van der Waals surface area contributed by atoms with Gasteiger partial charge in [-0.1, -0.05) is 6.58 Å². The summed E-state index contributed by atoms with van der Waals surface area (Å²) in [4.78, 5) is 12.0. The molecule has 78 valence electrons. The van der Waals surface area contributed by atoms with Gasteiger partial charge in [-0.25, -0.2) is 15.0 Å². The van der Waals surface area contributed by atoms with Crippen molar-refractivity contribution in [2.75, 3.05) is 12.3 Å². The highest BCUT2D eigenvalue weighted by Crippen LogP contribution is 2.14. The van der Waals surface area contributed by atoms with Gasteiger partial charge in [0.15, 0.2) is 11.5 Å². The maximum atomic E-state index is 8.87. The molecule has 2 aromatic rings. The van der Waals surface area contributed by atoms with Gasteiger partial charge in [0.25, 0.3) is 0 Å². The van der Waals surface area contributed by atoms with E-state index in [0.717, 1.165) is 0 Å². The van der Waals surface area contributed by atoms with E-state index in [2.05, 4.69) is 21.5 Å². The van der Waals surface area contributed by atoms with Crippen molar-refractivity contribution >= 4 is 17.0 Å². The second-order valence-corrected chi connectivity index (χ2v) is 3.21. The minimum absolute atomic E-state index is 0.0553. The van der Waals surface area contributed by atoms with Crippen molar-refractivity contribution in [1.82, 2.24) is 19.5 Å². The number of rotatable bonds is 3. The highest BCUT2D eigenvalue weighted by atomic mass is 16.3. The number of aromatic nitrogens is 4. The summed E-state index contributed by atoms with van der Waals surface area (Å²) in [7, 11) is 0. The normalized spacial score (nSPS) is 10.7. The third kappa shape index (κ3) is 1.66. The molecule has 0 saturated carbocycles. The van der Waals surface area contributed by atoms with Crippen LogP contribution in [0.15, 0.2) is 24.8 Å². The molecule has 0 fully saturated rings. The predicted molar refractivity (Wildman–Crippen MR) is 56.0 cm³/mol. The summed E-state index contributed by atoms with van der Waals surface area (Å²) in [5, 5.41) is 8.87. The first kappa shape index (κ1) is 9.60. The molecular weight excluding hydrogens is 194 g/mol. The Kier molecular flexibility index (Phi) is 2.34. The van der Waals surface area contributed by atoms with E-state index in [1.54, 1.807) is 10.9 Å². The van der Waals surface area contributed by atoms with Crippen molar-refractivity contribution in [3.63, 3.8) is 0 Å². The van der Waals surface area contributed by atoms with Crippen LogP contribution in [-0.4, -0.2) is 31.2 Å². The van der Waals surface area contributed by atoms with Crippen molar-refractivity contribution in [2.45, 2.75) is 6.54 Å². The number of hydrogen-bond donors (Lipinski definition) is 2. The van der Waals surface area contributed by atoms with Crippen LogP contribution >= 0.6 is 0 Å². The van der Waals surface area contributed by atoms with Crippen molar-refractivity contribution < 1.29 is 5.11 Å². The third-order valence-corrected chi connectivity index (χ3v) is 2.05. The smallest absolute Gasteiger partial charge is 0.165 e. The highest BCUT2D eigenvalue weighted by molar-refractivity contribution is 5.81. The van der Waals surface area contributed by atoms with E-state index in [9.17, 15) is 0 Å². The Hall–Kier alpha value is -1.95. The number of anilines is 1. The molecule has 0 bridgehead atoms. The predicted octanol–water partition coefficient (Wildman–Crippen LogP) is -0.0430. The fourth-order valence-electron chi connectivity index (χ4n) is 1.31. The summed E-state index contributed by atoms with van der Waals surface area (Å²) >= 11 is 0. The van der Waals surface area contributed by atoms with Crippen LogP contribution in [0.5, 0.6) is 0 Å². The van der Waals surface area contributed by atoms with Crippen LogP contribution < -0.4 is 5.73 Å². The number of fused-ring (bicyclic) bond motifs is 1. The van der Waals surface area contributed by atoms with E-state index in [1.165, 1.54) is 6.33 Å². The zero-order valence-electron chi connectivity index (χ0n) is 8.09. The van der Waals surface area contributed by atoms with Crippen molar-refractivity contribution in [3.05, 3.63) is 24.8 Å². The molecule has 0 atom stereocenters. The zero-order chi connectivity index (χ0) is 10.8. The third-order valence-electron chi connectivity index (χ3n) is 2.05. The molecule has 0 radical (unpaired) electrons. The Bertz CT molecular complexity index is 504. The number of aliphatic hydroxyl groups is 1. The lowest BCUT2D eigenvalue weighted by Gasteiger charge is -2.03. The van der Waals surface area contributed by atoms with Gasteiger partial charge >= 0.3 is 0 Å². The standard InChI is InChI=1S/C9H11N5O/c1-6(3-15)2-14-5-13-7-8(10)11-4-12-9(7)14/h4-5,15H,1-3H2,(H2,10,11,12). The van der Waals surface area contributed by atoms with Gasteiger partial charge in [0.1, 0.15) is 11.8 Å². The lowest BCUT2D eigenvalue weighted by molar-refractivity contribution is 0.325. The molecular formula is C9H11N5O. The van der Waals surface area contributed by atoms with Crippen molar-refractivity contribution in [3.8, 4) is 0 Å². The van der Waals surface area contributed by atoms with Crippen molar-refractivity contribution in [1.29, 1.82) is 0 Å². The minimum Gasteiger partial charge on any atom is -0.392 e. The Morgan fingerprint density at radius 3 is 3.00 bits per heavy atom. The molecule has 0 unspecified atom stereocenters. The monoisotopic (exact) mass is 205 g/mol. The van der Waals surface area contributed by atoms with Gasteiger partial charge in [0.2, 0.25) is 0 Å². The number of imidazole rings is 1. The van der Waals surface area contributed by atoms with E-state index in [-0.39, 0.29) is 6.61 Å². The summed E-state index contributed by atoms with van der Waals surface area (Å²) < 4.78 is 1.77. The summed E-state index contributed by atoms with van der Waals surface area (Å²) in [6.07, 6.45) is 2.99. The summed E-state index contributed by atoms with van der Waals surface area (Å²) in [6.45, 7) is 4.12. The number of nitrogen functional groups attached to an aromatic ring is 1. The van der Waals surface area contributed by atoms with E-state index < -0.39 is 0 Å². The largest absolute Gasteiger partial charge is 0.392 e. The van der Waals surface area contributed by atoms with Crippen LogP contribution in [0, 0.1) is 0 Å². The second-order valence-electron chi connectivity index (χ2n) is 3.21. The SMILES string of the molecule is C=C(CO)Cn1cnc2c(N)ncnc21. The summed E-state index contributed by atoms with van der Waals surface area (Å²) in [5.74, 6) is 0.355. The van der Waals surface area contributed by atoms with Crippen LogP contribution in [0.1, 0.15) is 0 Å². The molecule has 2 aromatic heterocycles. The molecule has 15 heavy (non-hydrogen) atoms. The first-order valence-corrected chi connectivity index (χ1v) is 4.41. The number of nitrogens with zero attached hydrogens (tertiary/aromatic N) is 4. The molecule has 2 heterocycles. The molecule has 0 saturated heterocycles. The Morgan fingerprint density at radius 1 is 1.47 bits per heavy atom. The fraction of sp³-hybridized carbons (Fsp3) is 0.222. The molecule has 0 aliphatic carbocycles. The maximum absolute atomic E-state index is 8.87. The summed E-state index contributed by atoms with van der Waals surface area (Å²) in [6, 6.07) is 0. The molecule has 0 aromatic carbocycles. The lowest BCUT2D eigenvalue weighted by Crippen LogP contribution is -2.03. The lowest BCUT2D eigenvalue weighted by atomic mass is 10.3. The van der Waals surface area contributed by atoms with E-state index in [0.29, 0.717) is 29.1 Å². The van der Waals surface area contributed by atoms with Gasteiger partial charge in [-0.2, -0.15) is 0 Å². The van der Waals surface area contributed by atoms with Gasteiger partial charge in [0, 0.05) is 6.54 Å². The Morgan fingerprint density at radius 2 is 2.27 bits per heavy atom. The van der Waals surface area contributed by atoms with Crippen LogP contribution in [0.4, 0.5) is 5.82 Å². The van der Waals surface area contributed by atoms with E-state index >= 15 is 0 Å². The molecule has 0 aliphatic rings. The van der Waals surface area contributed by atoms with Crippen LogP contribution in [-0.2, 0) is 6.54 Å². The number of hydrogen-bond acceptors (Lipinski definition) is 5. The van der Waals surface area contributed by atoms with Crippen LogP contribution in [0.2, 0.25) is 0 Å². The first-order chi connectivity index (χ1) is 7.22. The van der Waals surface area contributed by atoms with Crippen LogP contribution in [0.3, 0.4) is 0 Å². The van der Waals surface area contributed by atoms with Gasteiger partial charge in [-0.3, -0.25) is 0 Å². The van der Waals surface area contributed by atoms with Crippen LogP contribution in [0.25, 0.3) is 11.2 Å². The topological polar surface area (TPSA) is 89.8 Å². The molecule has 0 aliphatic heterocycles. The zero-order valence-corrected chi connectivity index (χ0v) is 8.09. The molecule has 6 nitrogen and oxygen atoms in total. The van der Waals surface area contributed by atoms with Crippen molar-refractivity contribution in [2.24, 2.45) is 0 Å². The van der Waals surface area contributed by atoms with Gasteiger partial charge < -0.3 is 15.4 Å². The molecule has 3 N–H and O–H groups in total. The fourth-order valence-corrected chi connectivity index (χ4v) is 1.31. The second kappa shape index (κ2) is 3.66. The number of aliphatic hydroxyl groups excluding tert-OH is 1. The molecule has 2 rings (SSSR count). The Balaban J connectivity index is 2.45. The van der Waals surface area contributed by atoms with Gasteiger partial charge in [-0.05, 0) is 5.57 Å². The van der Waals surface area contributed by atoms with Gasteiger partial charge in [-0.15, -0.1) is 0 Å². The van der Waals surface area contributed by atoms with Gasteiger partial charge in [0.05, 0.1) is 12.9 Å². The molecule has 0 spiro atoms. The number of nitrogens with two attached hydrogens (primary N) is 1. The first-order valence-electron chi connectivity index (χ1n) is 4.41. The summed E-state index contributed by atoms with van der Waals surface area (Å²) in [5.41, 5.74) is 7.54. The minimum atomic E-state index is -0.0553. The Labute approximate surface area is 86.1 Å². The van der Waals surface area contributed by atoms with E-state index in [1.807, 2.05) is 0 Å². The average Bonchev–Trinajstić information content (AvgIpc) is 2.63. The highest BCUT2D eigenvalue weighted by Gasteiger charge is 2.07. The van der Waals surface area contributed by atoms with E-state index in [4.69, 9.17) is 10.8 Å². The average molecular weight is 205 g/mol. The molecule has 0 amide bonds. The quantitative estimate of drug-likeness (QED) is 0.686. The maximum Gasteiger partial charge on any atom is 0.165 e. The molecule has 6 heteroatoms.